The third kappa shape index (κ3) is 7.19. The molecule has 2 unspecified atom stereocenters. The number of nitrogens with one attached hydrogen (secondary N) is 1. The van der Waals surface area contributed by atoms with E-state index in [0.29, 0.717) is 17.8 Å². The summed E-state index contributed by atoms with van der Waals surface area (Å²) in [6.07, 6.45) is 3.32. The number of guanidine groups is 1. The third-order valence-corrected chi connectivity index (χ3v) is 5.18. The molecule has 1 aliphatic heterocycles. The Balaban J connectivity index is 0.00000288. The molecule has 2 rings (SSSR count). The zero-order valence-electron chi connectivity index (χ0n) is 14.9. The van der Waals surface area contributed by atoms with Gasteiger partial charge in [0.25, 0.3) is 0 Å². The second-order valence-electron chi connectivity index (χ2n) is 6.08. The molecule has 0 aliphatic carbocycles. The van der Waals surface area contributed by atoms with Crippen molar-refractivity contribution >= 4 is 41.7 Å². The quantitative estimate of drug-likeness (QED) is 0.382. The molecule has 1 fully saturated rings. The summed E-state index contributed by atoms with van der Waals surface area (Å²) in [4.78, 5) is 6.77. The standard InChI is InChI=1S/C18H29N3OS.HI/c1-15(23-3)11-20-18(19-2)21-10-9-17(12-21)14-22-13-16-7-5-4-6-8-16;/h4-8,15,17H,9-14H2,1-3H3,(H,19,20);1H. The molecule has 1 saturated heterocycles. The third-order valence-electron chi connectivity index (χ3n) is 4.21. The average molecular weight is 463 g/mol. The molecule has 1 heterocycles. The normalized spacial score (nSPS) is 19.0. The number of rotatable bonds is 7. The molecule has 136 valence electrons. The second-order valence-corrected chi connectivity index (χ2v) is 7.35. The van der Waals surface area contributed by atoms with E-state index in [1.165, 1.54) is 12.0 Å². The van der Waals surface area contributed by atoms with E-state index in [9.17, 15) is 0 Å². The highest BCUT2D eigenvalue weighted by molar-refractivity contribution is 14.0. The average Bonchev–Trinajstić information content (AvgIpc) is 3.05. The van der Waals surface area contributed by atoms with Crippen molar-refractivity contribution in [3.8, 4) is 0 Å². The molecular formula is C18H30IN3OS. The molecule has 1 N–H and O–H groups in total. The maximum absolute atomic E-state index is 5.89. The fourth-order valence-electron chi connectivity index (χ4n) is 2.73. The van der Waals surface area contributed by atoms with Gasteiger partial charge in [-0.05, 0) is 18.2 Å². The largest absolute Gasteiger partial charge is 0.376 e. The summed E-state index contributed by atoms with van der Waals surface area (Å²) >= 11 is 1.87. The van der Waals surface area contributed by atoms with Crippen LogP contribution in [0.15, 0.2) is 35.3 Å². The number of nitrogens with zero attached hydrogens (tertiary/aromatic N) is 2. The maximum Gasteiger partial charge on any atom is 0.193 e. The Morgan fingerprint density at radius 3 is 2.83 bits per heavy atom. The smallest absolute Gasteiger partial charge is 0.193 e. The summed E-state index contributed by atoms with van der Waals surface area (Å²) in [6, 6.07) is 10.4. The van der Waals surface area contributed by atoms with Gasteiger partial charge < -0.3 is 15.0 Å². The van der Waals surface area contributed by atoms with Gasteiger partial charge in [-0.25, -0.2) is 0 Å². The van der Waals surface area contributed by atoms with Crippen LogP contribution in [0.2, 0.25) is 0 Å². The Morgan fingerprint density at radius 2 is 2.17 bits per heavy atom. The van der Waals surface area contributed by atoms with Crippen molar-refractivity contribution in [2.45, 2.75) is 25.2 Å². The SMILES string of the molecule is CN=C(NCC(C)SC)N1CCC(COCc2ccccc2)C1.I. The van der Waals surface area contributed by atoms with Crippen LogP contribution in [0.4, 0.5) is 0 Å². The molecule has 1 aliphatic rings. The highest BCUT2D eigenvalue weighted by atomic mass is 127. The van der Waals surface area contributed by atoms with Gasteiger partial charge in [0.15, 0.2) is 5.96 Å². The van der Waals surface area contributed by atoms with Crippen LogP contribution in [0.1, 0.15) is 18.9 Å². The van der Waals surface area contributed by atoms with Crippen LogP contribution in [0, 0.1) is 5.92 Å². The van der Waals surface area contributed by atoms with Gasteiger partial charge in [-0.3, -0.25) is 4.99 Å². The number of benzene rings is 1. The minimum Gasteiger partial charge on any atom is -0.376 e. The first-order valence-corrected chi connectivity index (χ1v) is 9.61. The molecule has 0 spiro atoms. The summed E-state index contributed by atoms with van der Waals surface area (Å²) in [6.45, 7) is 6.81. The van der Waals surface area contributed by atoms with E-state index in [-0.39, 0.29) is 24.0 Å². The maximum atomic E-state index is 5.89. The van der Waals surface area contributed by atoms with E-state index >= 15 is 0 Å². The van der Waals surface area contributed by atoms with Gasteiger partial charge in [0.05, 0.1) is 13.2 Å². The molecule has 1 aromatic carbocycles. The van der Waals surface area contributed by atoms with Crippen molar-refractivity contribution in [3.63, 3.8) is 0 Å². The molecular weight excluding hydrogens is 433 g/mol. The highest BCUT2D eigenvalue weighted by Gasteiger charge is 2.25. The van der Waals surface area contributed by atoms with E-state index in [2.05, 4.69) is 52.7 Å². The molecule has 0 radical (unpaired) electrons. The Kier molecular flexibility index (Phi) is 10.8. The van der Waals surface area contributed by atoms with Gasteiger partial charge in [0.1, 0.15) is 0 Å². The molecule has 0 aromatic heterocycles. The number of hydrogen-bond acceptors (Lipinski definition) is 3. The van der Waals surface area contributed by atoms with Gasteiger partial charge in [-0.15, -0.1) is 24.0 Å². The summed E-state index contributed by atoms with van der Waals surface area (Å²) in [5, 5.41) is 4.08. The van der Waals surface area contributed by atoms with Gasteiger partial charge in [-0.1, -0.05) is 37.3 Å². The predicted molar refractivity (Wildman–Crippen MR) is 116 cm³/mol. The summed E-state index contributed by atoms with van der Waals surface area (Å²) in [5.74, 6) is 1.62. The number of likely N-dealkylation sites (tertiary alicyclic amines) is 1. The zero-order valence-corrected chi connectivity index (χ0v) is 18.1. The fourth-order valence-corrected chi connectivity index (χ4v) is 2.98. The van der Waals surface area contributed by atoms with Crippen molar-refractivity contribution in [1.29, 1.82) is 0 Å². The topological polar surface area (TPSA) is 36.9 Å². The number of thioether (sulfide) groups is 1. The minimum absolute atomic E-state index is 0. The van der Waals surface area contributed by atoms with Crippen molar-refractivity contribution in [3.05, 3.63) is 35.9 Å². The molecule has 0 amide bonds. The van der Waals surface area contributed by atoms with E-state index in [1.54, 1.807) is 0 Å². The Hall–Kier alpha value is -0.470. The van der Waals surface area contributed by atoms with Crippen LogP contribution in [0.25, 0.3) is 0 Å². The Morgan fingerprint density at radius 1 is 1.42 bits per heavy atom. The van der Waals surface area contributed by atoms with Crippen LogP contribution in [-0.2, 0) is 11.3 Å². The molecule has 0 bridgehead atoms. The van der Waals surface area contributed by atoms with Crippen molar-refractivity contribution in [1.82, 2.24) is 10.2 Å². The van der Waals surface area contributed by atoms with Crippen LogP contribution >= 0.6 is 35.7 Å². The number of halogens is 1. The van der Waals surface area contributed by atoms with Gasteiger partial charge in [-0.2, -0.15) is 11.8 Å². The first-order chi connectivity index (χ1) is 11.2. The molecule has 24 heavy (non-hydrogen) atoms. The van der Waals surface area contributed by atoms with E-state index in [4.69, 9.17) is 4.74 Å². The molecule has 1 aromatic rings. The van der Waals surface area contributed by atoms with Crippen molar-refractivity contribution < 1.29 is 4.74 Å². The number of ether oxygens (including phenoxy) is 1. The van der Waals surface area contributed by atoms with E-state index < -0.39 is 0 Å². The lowest BCUT2D eigenvalue weighted by Gasteiger charge is -2.23. The predicted octanol–water partition coefficient (Wildman–Crippen LogP) is 3.47. The van der Waals surface area contributed by atoms with E-state index in [0.717, 1.165) is 32.2 Å². The van der Waals surface area contributed by atoms with Crippen LogP contribution in [0.3, 0.4) is 0 Å². The number of hydrogen-bond donors (Lipinski definition) is 1. The highest BCUT2D eigenvalue weighted by Crippen LogP contribution is 2.17. The Labute approximate surface area is 167 Å². The second kappa shape index (κ2) is 12.0. The van der Waals surface area contributed by atoms with Crippen LogP contribution in [-0.4, -0.2) is 55.7 Å². The van der Waals surface area contributed by atoms with Crippen LogP contribution < -0.4 is 5.32 Å². The lowest BCUT2D eigenvalue weighted by Crippen LogP contribution is -2.42. The lowest BCUT2D eigenvalue weighted by atomic mass is 10.1. The molecule has 4 nitrogen and oxygen atoms in total. The summed E-state index contributed by atoms with van der Waals surface area (Å²) in [7, 11) is 1.87. The van der Waals surface area contributed by atoms with Gasteiger partial charge in [0.2, 0.25) is 0 Å². The lowest BCUT2D eigenvalue weighted by molar-refractivity contribution is 0.0907. The first kappa shape index (κ1) is 21.6. The molecule has 6 heteroatoms. The van der Waals surface area contributed by atoms with Crippen LogP contribution in [0.5, 0.6) is 0 Å². The van der Waals surface area contributed by atoms with E-state index in [1.807, 2.05) is 24.9 Å². The van der Waals surface area contributed by atoms with Gasteiger partial charge in [0, 0.05) is 37.8 Å². The summed E-state index contributed by atoms with van der Waals surface area (Å²) in [5.41, 5.74) is 1.24. The van der Waals surface area contributed by atoms with Crippen molar-refractivity contribution in [2.24, 2.45) is 10.9 Å². The Bertz CT molecular complexity index is 486. The molecule has 2 atom stereocenters. The first-order valence-electron chi connectivity index (χ1n) is 8.33. The van der Waals surface area contributed by atoms with Gasteiger partial charge >= 0.3 is 0 Å². The monoisotopic (exact) mass is 463 g/mol. The zero-order chi connectivity index (χ0) is 16.5. The summed E-state index contributed by atoms with van der Waals surface area (Å²) < 4.78 is 5.89. The fraction of sp³-hybridized carbons (Fsp3) is 0.611. The number of aliphatic imine (C=N–C) groups is 1. The molecule has 0 saturated carbocycles. The minimum atomic E-state index is 0. The van der Waals surface area contributed by atoms with Crippen molar-refractivity contribution in [2.75, 3.05) is 39.5 Å².